The van der Waals surface area contributed by atoms with Crippen molar-refractivity contribution >= 4 is 37.6 Å². The first kappa shape index (κ1) is 14.2. The second kappa shape index (κ2) is 5.84. The van der Waals surface area contributed by atoms with Gasteiger partial charge in [0.25, 0.3) is 0 Å². The zero-order valence-corrected chi connectivity index (χ0v) is 13.1. The quantitative estimate of drug-likeness (QED) is 0.720. The first-order chi connectivity index (χ1) is 9.02. The van der Waals surface area contributed by atoms with Crippen molar-refractivity contribution < 1.29 is 13.9 Å². The zero-order valence-electron chi connectivity index (χ0n) is 9.91. The molecule has 98 valence electrons. The summed E-state index contributed by atoms with van der Waals surface area (Å²) in [7, 11) is 1.55. The fourth-order valence-electron chi connectivity index (χ4n) is 1.61. The van der Waals surface area contributed by atoms with Crippen LogP contribution in [0, 0.1) is 5.82 Å². The van der Waals surface area contributed by atoms with Crippen molar-refractivity contribution in [2.24, 2.45) is 0 Å². The molecule has 0 saturated heterocycles. The van der Waals surface area contributed by atoms with Crippen molar-refractivity contribution in [3.8, 4) is 5.75 Å². The maximum atomic E-state index is 13.4. The van der Waals surface area contributed by atoms with Gasteiger partial charge in [-0.25, -0.2) is 4.39 Å². The van der Waals surface area contributed by atoms with Crippen LogP contribution in [0.4, 0.5) is 4.39 Å². The van der Waals surface area contributed by atoms with Crippen molar-refractivity contribution in [3.05, 3.63) is 62.3 Å². The Labute approximate surface area is 126 Å². The second-order valence-electron chi connectivity index (χ2n) is 3.81. The molecule has 0 spiro atoms. The van der Waals surface area contributed by atoms with Crippen LogP contribution in [0.5, 0.6) is 5.75 Å². The second-order valence-corrected chi connectivity index (χ2v) is 5.52. The van der Waals surface area contributed by atoms with Gasteiger partial charge in [-0.2, -0.15) is 0 Å². The van der Waals surface area contributed by atoms with Crippen molar-refractivity contribution in [1.82, 2.24) is 0 Å². The highest BCUT2D eigenvalue weighted by Crippen LogP contribution is 2.27. The molecule has 0 heterocycles. The topological polar surface area (TPSA) is 26.3 Å². The summed E-state index contributed by atoms with van der Waals surface area (Å²) in [5, 5.41) is 0. The summed E-state index contributed by atoms with van der Waals surface area (Å²) in [5.74, 6) is -0.0632. The molecule has 2 aromatic rings. The summed E-state index contributed by atoms with van der Waals surface area (Å²) in [6.07, 6.45) is 0. The zero-order chi connectivity index (χ0) is 14.0. The van der Waals surface area contributed by atoms with Gasteiger partial charge in [0.1, 0.15) is 11.6 Å². The maximum absolute atomic E-state index is 13.4. The van der Waals surface area contributed by atoms with E-state index in [1.54, 1.807) is 31.4 Å². The van der Waals surface area contributed by atoms with Crippen molar-refractivity contribution in [3.63, 3.8) is 0 Å². The molecule has 0 N–H and O–H groups in total. The summed E-state index contributed by atoms with van der Waals surface area (Å²) in [5.41, 5.74) is 0.771. The molecular formula is C14H9Br2FO2. The van der Waals surface area contributed by atoms with Crippen LogP contribution in [0.1, 0.15) is 15.9 Å². The van der Waals surface area contributed by atoms with E-state index in [0.717, 1.165) is 0 Å². The van der Waals surface area contributed by atoms with Crippen LogP contribution in [-0.4, -0.2) is 12.9 Å². The van der Waals surface area contributed by atoms with Crippen LogP contribution >= 0.6 is 31.9 Å². The van der Waals surface area contributed by atoms with Crippen molar-refractivity contribution in [2.45, 2.75) is 0 Å². The van der Waals surface area contributed by atoms with Gasteiger partial charge in [-0.15, -0.1) is 0 Å². The van der Waals surface area contributed by atoms with Gasteiger partial charge in [0.15, 0.2) is 5.78 Å². The Morgan fingerprint density at radius 1 is 1.05 bits per heavy atom. The minimum absolute atomic E-state index is 0.241. The van der Waals surface area contributed by atoms with Gasteiger partial charge in [0, 0.05) is 11.1 Å². The largest absolute Gasteiger partial charge is 0.496 e. The molecular weight excluding hydrogens is 379 g/mol. The normalized spacial score (nSPS) is 10.3. The number of ether oxygens (including phenoxy) is 1. The number of carbonyl (C=O) groups excluding carboxylic acids is 1. The number of carbonyl (C=O) groups is 1. The van der Waals surface area contributed by atoms with Gasteiger partial charge in [-0.3, -0.25) is 4.79 Å². The van der Waals surface area contributed by atoms with Gasteiger partial charge in [0.05, 0.1) is 16.1 Å². The van der Waals surface area contributed by atoms with E-state index in [2.05, 4.69) is 31.9 Å². The van der Waals surface area contributed by atoms with E-state index in [1.807, 2.05) is 0 Å². The molecule has 5 heteroatoms. The third-order valence-corrected chi connectivity index (χ3v) is 3.86. The Morgan fingerprint density at radius 3 is 2.26 bits per heavy atom. The lowest BCUT2D eigenvalue weighted by atomic mass is 10.0. The smallest absolute Gasteiger partial charge is 0.193 e. The summed E-state index contributed by atoms with van der Waals surface area (Å²) in [4.78, 5) is 12.2. The molecule has 0 bridgehead atoms. The molecule has 0 saturated carbocycles. The maximum Gasteiger partial charge on any atom is 0.193 e. The summed E-state index contributed by atoms with van der Waals surface area (Å²) in [6.45, 7) is 0. The van der Waals surface area contributed by atoms with Crippen molar-refractivity contribution in [1.29, 1.82) is 0 Å². The van der Waals surface area contributed by atoms with E-state index in [9.17, 15) is 9.18 Å². The first-order valence-electron chi connectivity index (χ1n) is 5.36. The van der Waals surface area contributed by atoms with E-state index in [1.165, 1.54) is 12.1 Å². The van der Waals surface area contributed by atoms with Gasteiger partial charge in [-0.1, -0.05) is 0 Å². The summed E-state index contributed by atoms with van der Waals surface area (Å²) in [6, 6.07) is 9.29. The number of methoxy groups -OCH3 is 1. The average molecular weight is 388 g/mol. The van der Waals surface area contributed by atoms with E-state index < -0.39 is 5.82 Å². The molecule has 0 unspecified atom stereocenters. The molecule has 0 amide bonds. The fourth-order valence-corrected chi connectivity index (χ4v) is 2.40. The number of ketones is 1. The van der Waals surface area contributed by atoms with Crippen molar-refractivity contribution in [2.75, 3.05) is 7.11 Å². The Morgan fingerprint density at radius 2 is 1.68 bits per heavy atom. The van der Waals surface area contributed by atoms with E-state index in [0.29, 0.717) is 25.8 Å². The Hall–Kier alpha value is -1.20. The Bertz CT molecular complexity index is 641. The number of hydrogen-bond acceptors (Lipinski definition) is 2. The van der Waals surface area contributed by atoms with Gasteiger partial charge >= 0.3 is 0 Å². The Balaban J connectivity index is 2.38. The standard InChI is InChI=1S/C14H9Br2FO2/c1-19-13-5-3-8(6-11(13)16)14(18)9-2-4-10(15)12(17)7-9/h2-7H,1H3. The molecule has 2 nitrogen and oxygen atoms in total. The molecule has 0 aliphatic carbocycles. The lowest BCUT2D eigenvalue weighted by Gasteiger charge is -2.06. The average Bonchev–Trinajstić information content (AvgIpc) is 2.41. The van der Waals surface area contributed by atoms with Crippen LogP contribution in [0.15, 0.2) is 45.3 Å². The summed E-state index contributed by atoms with van der Waals surface area (Å²) < 4.78 is 19.5. The molecule has 2 aromatic carbocycles. The SMILES string of the molecule is COc1ccc(C(=O)c2ccc(Br)c(F)c2)cc1Br. The van der Waals surface area contributed by atoms with E-state index in [-0.39, 0.29) is 5.78 Å². The molecule has 0 fully saturated rings. The molecule has 0 aliphatic rings. The highest BCUT2D eigenvalue weighted by Gasteiger charge is 2.13. The van der Waals surface area contributed by atoms with Crippen LogP contribution < -0.4 is 4.74 Å². The third kappa shape index (κ3) is 3.04. The number of hydrogen-bond donors (Lipinski definition) is 0. The van der Waals surface area contributed by atoms with Gasteiger partial charge in [-0.05, 0) is 68.3 Å². The van der Waals surface area contributed by atoms with Gasteiger partial charge in [0.2, 0.25) is 0 Å². The van der Waals surface area contributed by atoms with Crippen LogP contribution in [0.3, 0.4) is 0 Å². The summed E-state index contributed by atoms with van der Waals surface area (Å²) >= 11 is 6.37. The molecule has 0 aromatic heterocycles. The monoisotopic (exact) mass is 386 g/mol. The molecule has 0 atom stereocenters. The van der Waals surface area contributed by atoms with Crippen LogP contribution in [-0.2, 0) is 0 Å². The number of rotatable bonds is 3. The predicted octanol–water partition coefficient (Wildman–Crippen LogP) is 4.59. The minimum Gasteiger partial charge on any atom is -0.496 e. The first-order valence-corrected chi connectivity index (χ1v) is 6.95. The fraction of sp³-hybridized carbons (Fsp3) is 0.0714. The lowest BCUT2D eigenvalue weighted by Crippen LogP contribution is -2.02. The van der Waals surface area contributed by atoms with E-state index >= 15 is 0 Å². The third-order valence-electron chi connectivity index (χ3n) is 2.60. The predicted molar refractivity (Wildman–Crippen MR) is 78.2 cm³/mol. The van der Waals surface area contributed by atoms with Crippen LogP contribution in [0.2, 0.25) is 0 Å². The number of halogens is 3. The highest BCUT2D eigenvalue weighted by molar-refractivity contribution is 9.10. The minimum atomic E-state index is -0.460. The number of benzene rings is 2. The molecule has 2 rings (SSSR count). The molecule has 0 radical (unpaired) electrons. The Kier molecular flexibility index (Phi) is 4.37. The van der Waals surface area contributed by atoms with E-state index in [4.69, 9.17) is 4.74 Å². The lowest BCUT2D eigenvalue weighted by molar-refractivity contribution is 0.103. The van der Waals surface area contributed by atoms with Gasteiger partial charge < -0.3 is 4.74 Å². The molecule has 0 aliphatic heterocycles. The molecule has 19 heavy (non-hydrogen) atoms. The highest BCUT2D eigenvalue weighted by atomic mass is 79.9. The van der Waals surface area contributed by atoms with Crippen LogP contribution in [0.25, 0.3) is 0 Å².